The first kappa shape index (κ1) is 18.2. The van der Waals surface area contributed by atoms with Gasteiger partial charge >= 0.3 is 0 Å². The van der Waals surface area contributed by atoms with Crippen LogP contribution in [-0.2, 0) is 4.74 Å². The minimum absolute atomic E-state index is 0.0915. The third-order valence-corrected chi connectivity index (χ3v) is 5.57. The maximum atomic E-state index is 9.70. The van der Waals surface area contributed by atoms with Gasteiger partial charge in [0.1, 0.15) is 6.07 Å². The average molecular weight is 366 g/mol. The summed E-state index contributed by atoms with van der Waals surface area (Å²) in [7, 11) is 0. The number of rotatable bonds is 4. The SMILES string of the molecule is C[C@@H]1CN(c2ccc(C#N)c3ncccc23)C[C@@H](CN[C@H]2CC[C@@H](O)C2)O1. The van der Waals surface area contributed by atoms with Crippen LogP contribution in [0.25, 0.3) is 10.9 Å². The Balaban J connectivity index is 1.52. The Morgan fingerprint density at radius 1 is 1.33 bits per heavy atom. The molecule has 6 nitrogen and oxygen atoms in total. The highest BCUT2D eigenvalue weighted by Gasteiger charge is 2.29. The van der Waals surface area contributed by atoms with Gasteiger partial charge in [0, 0.05) is 42.9 Å². The van der Waals surface area contributed by atoms with Crippen molar-refractivity contribution >= 4 is 16.6 Å². The van der Waals surface area contributed by atoms with Gasteiger partial charge in [-0.25, -0.2) is 0 Å². The molecule has 2 aliphatic rings. The van der Waals surface area contributed by atoms with Crippen LogP contribution >= 0.6 is 0 Å². The van der Waals surface area contributed by atoms with Gasteiger partial charge in [-0.3, -0.25) is 4.98 Å². The second-order valence-electron chi connectivity index (χ2n) is 7.69. The Labute approximate surface area is 159 Å². The van der Waals surface area contributed by atoms with E-state index in [2.05, 4.69) is 28.2 Å². The lowest BCUT2D eigenvalue weighted by Crippen LogP contribution is -2.51. The van der Waals surface area contributed by atoms with Crippen molar-refractivity contribution in [3.63, 3.8) is 0 Å². The topological polar surface area (TPSA) is 81.4 Å². The standard InChI is InChI=1S/C21H26N4O2/c1-14-12-25(13-18(27-14)11-24-16-5-6-17(26)9-16)20-7-4-15(10-22)21-19(20)3-2-8-23-21/h2-4,7-8,14,16-18,24,26H,5-6,9,11-13H2,1H3/t14-,16+,17-,18-/m1/s1. The van der Waals surface area contributed by atoms with Crippen LogP contribution < -0.4 is 10.2 Å². The molecule has 4 rings (SSSR count). The lowest BCUT2D eigenvalue weighted by Gasteiger charge is -2.39. The molecule has 2 heterocycles. The average Bonchev–Trinajstić information content (AvgIpc) is 3.10. The van der Waals surface area contributed by atoms with E-state index in [0.717, 1.165) is 55.5 Å². The predicted octanol–water partition coefficient (Wildman–Crippen LogP) is 2.20. The fourth-order valence-corrected chi connectivity index (χ4v) is 4.32. The molecule has 2 aromatic rings. The number of nitriles is 1. The fraction of sp³-hybridized carbons (Fsp3) is 0.524. The lowest BCUT2D eigenvalue weighted by molar-refractivity contribution is -0.0158. The highest BCUT2D eigenvalue weighted by Crippen LogP contribution is 2.30. The Morgan fingerprint density at radius 2 is 2.22 bits per heavy atom. The molecule has 1 saturated heterocycles. The number of hydrogen-bond acceptors (Lipinski definition) is 6. The summed E-state index contributed by atoms with van der Waals surface area (Å²) in [6, 6.07) is 10.5. The van der Waals surface area contributed by atoms with Gasteiger partial charge in [-0.1, -0.05) is 0 Å². The van der Waals surface area contributed by atoms with E-state index in [1.807, 2.05) is 24.3 Å². The van der Waals surface area contributed by atoms with Gasteiger partial charge in [-0.15, -0.1) is 0 Å². The Morgan fingerprint density at radius 3 is 3.00 bits per heavy atom. The number of benzene rings is 1. The molecule has 2 fully saturated rings. The van der Waals surface area contributed by atoms with Gasteiger partial charge in [0.25, 0.3) is 0 Å². The van der Waals surface area contributed by atoms with Crippen LogP contribution in [0.5, 0.6) is 0 Å². The van der Waals surface area contributed by atoms with Crippen LogP contribution in [0, 0.1) is 11.3 Å². The third-order valence-electron chi connectivity index (χ3n) is 5.57. The molecule has 4 atom stereocenters. The smallest absolute Gasteiger partial charge is 0.101 e. The minimum Gasteiger partial charge on any atom is -0.393 e. The number of aliphatic hydroxyl groups excluding tert-OH is 1. The summed E-state index contributed by atoms with van der Waals surface area (Å²) in [6.45, 7) is 4.49. The van der Waals surface area contributed by atoms with Crippen molar-refractivity contribution in [3.05, 3.63) is 36.0 Å². The predicted molar refractivity (Wildman–Crippen MR) is 105 cm³/mol. The zero-order valence-electron chi connectivity index (χ0n) is 15.6. The molecule has 1 aliphatic heterocycles. The molecule has 27 heavy (non-hydrogen) atoms. The maximum Gasteiger partial charge on any atom is 0.101 e. The summed E-state index contributed by atoms with van der Waals surface area (Å²) in [5.41, 5.74) is 2.47. The quantitative estimate of drug-likeness (QED) is 0.863. The number of pyridine rings is 1. The molecule has 2 N–H and O–H groups in total. The molecule has 1 aliphatic carbocycles. The minimum atomic E-state index is -0.164. The van der Waals surface area contributed by atoms with Crippen LogP contribution in [0.1, 0.15) is 31.7 Å². The molecule has 0 spiro atoms. The molecular weight excluding hydrogens is 340 g/mol. The molecule has 142 valence electrons. The van der Waals surface area contributed by atoms with E-state index >= 15 is 0 Å². The number of aromatic nitrogens is 1. The zero-order valence-corrected chi connectivity index (χ0v) is 15.6. The molecule has 1 aromatic heterocycles. The van der Waals surface area contributed by atoms with Crippen LogP contribution in [0.2, 0.25) is 0 Å². The Hall–Kier alpha value is -2.20. The first-order valence-electron chi connectivity index (χ1n) is 9.73. The van der Waals surface area contributed by atoms with Crippen molar-refractivity contribution in [1.29, 1.82) is 5.26 Å². The second-order valence-corrected chi connectivity index (χ2v) is 7.69. The van der Waals surface area contributed by atoms with Crippen LogP contribution in [0.15, 0.2) is 30.5 Å². The van der Waals surface area contributed by atoms with Crippen LogP contribution in [0.3, 0.4) is 0 Å². The van der Waals surface area contributed by atoms with E-state index in [-0.39, 0.29) is 18.3 Å². The maximum absolute atomic E-state index is 9.70. The Bertz CT molecular complexity index is 850. The van der Waals surface area contributed by atoms with Gasteiger partial charge in [0.05, 0.1) is 29.4 Å². The van der Waals surface area contributed by atoms with E-state index < -0.39 is 0 Å². The number of fused-ring (bicyclic) bond motifs is 1. The van der Waals surface area contributed by atoms with Crippen molar-refractivity contribution < 1.29 is 9.84 Å². The summed E-state index contributed by atoms with van der Waals surface area (Å²) >= 11 is 0. The molecular formula is C21H26N4O2. The number of hydrogen-bond donors (Lipinski definition) is 2. The summed E-state index contributed by atoms with van der Waals surface area (Å²) in [6.07, 6.45) is 4.53. The fourth-order valence-electron chi connectivity index (χ4n) is 4.32. The number of aliphatic hydroxyl groups is 1. The number of ether oxygens (including phenoxy) is 1. The highest BCUT2D eigenvalue weighted by atomic mass is 16.5. The van der Waals surface area contributed by atoms with Gasteiger partial charge < -0.3 is 20.1 Å². The van der Waals surface area contributed by atoms with E-state index in [1.165, 1.54) is 0 Å². The first-order valence-corrected chi connectivity index (χ1v) is 9.73. The molecule has 6 heteroatoms. The van der Waals surface area contributed by atoms with Crippen LogP contribution in [0.4, 0.5) is 5.69 Å². The van der Waals surface area contributed by atoms with E-state index in [4.69, 9.17) is 4.74 Å². The monoisotopic (exact) mass is 366 g/mol. The number of morpholine rings is 1. The van der Waals surface area contributed by atoms with Gasteiger partial charge in [0.15, 0.2) is 0 Å². The second kappa shape index (κ2) is 7.81. The molecule has 0 amide bonds. The van der Waals surface area contributed by atoms with Crippen molar-refractivity contribution in [3.8, 4) is 6.07 Å². The van der Waals surface area contributed by atoms with E-state index in [0.29, 0.717) is 11.6 Å². The molecule has 0 bridgehead atoms. The number of nitrogens with zero attached hydrogens (tertiary/aromatic N) is 3. The van der Waals surface area contributed by atoms with E-state index in [1.54, 1.807) is 6.20 Å². The van der Waals surface area contributed by atoms with Gasteiger partial charge in [-0.2, -0.15) is 5.26 Å². The summed E-state index contributed by atoms with van der Waals surface area (Å²) < 4.78 is 6.15. The lowest BCUT2D eigenvalue weighted by atomic mass is 10.1. The van der Waals surface area contributed by atoms with Gasteiger partial charge in [0.2, 0.25) is 0 Å². The zero-order chi connectivity index (χ0) is 18.8. The van der Waals surface area contributed by atoms with Crippen LogP contribution in [-0.4, -0.2) is 54.1 Å². The Kier molecular flexibility index (Phi) is 5.26. The number of anilines is 1. The normalized spacial score (nSPS) is 28.4. The molecule has 0 unspecified atom stereocenters. The van der Waals surface area contributed by atoms with Crippen molar-refractivity contribution in [1.82, 2.24) is 10.3 Å². The summed E-state index contributed by atoms with van der Waals surface area (Å²) in [5.74, 6) is 0. The van der Waals surface area contributed by atoms with Crippen molar-refractivity contribution in [2.24, 2.45) is 0 Å². The first-order chi connectivity index (χ1) is 13.1. The molecule has 1 saturated carbocycles. The van der Waals surface area contributed by atoms with Crippen molar-refractivity contribution in [2.45, 2.75) is 50.5 Å². The molecule has 0 radical (unpaired) electrons. The third kappa shape index (κ3) is 3.91. The number of nitrogens with one attached hydrogen (secondary N) is 1. The van der Waals surface area contributed by atoms with E-state index in [9.17, 15) is 10.4 Å². The highest BCUT2D eigenvalue weighted by molar-refractivity contribution is 5.95. The summed E-state index contributed by atoms with van der Waals surface area (Å²) in [4.78, 5) is 6.77. The van der Waals surface area contributed by atoms with Crippen molar-refractivity contribution in [2.75, 3.05) is 24.5 Å². The molecule has 1 aromatic carbocycles. The summed E-state index contributed by atoms with van der Waals surface area (Å²) in [5, 5.41) is 23.6. The largest absolute Gasteiger partial charge is 0.393 e. The van der Waals surface area contributed by atoms with Gasteiger partial charge in [-0.05, 0) is 50.5 Å².